The number of imide groups is 1. The van der Waals surface area contributed by atoms with Gasteiger partial charge in [-0.3, -0.25) is 10.1 Å². The number of ether oxygens (including phenoxy) is 1. The number of hydrogen-bond acceptors (Lipinski definition) is 4. The monoisotopic (exact) mass is 336 g/mol. The summed E-state index contributed by atoms with van der Waals surface area (Å²) in [7, 11) is 1.52. The minimum Gasteiger partial charge on any atom is -0.383 e. The second-order valence-electron chi connectivity index (χ2n) is 3.64. The zero-order chi connectivity index (χ0) is 15.0. The molecular weight excluding hydrogens is 323 g/mol. The molecule has 0 fully saturated rings. The smallest absolute Gasteiger partial charge is 0.321 e. The molecule has 0 atom stereocenters. The van der Waals surface area contributed by atoms with E-state index < -0.39 is 11.9 Å². The number of carbonyl (C=O) groups excluding carboxylic acids is 2. The molecule has 0 aromatic heterocycles. The largest absolute Gasteiger partial charge is 0.383 e. The predicted molar refractivity (Wildman–Crippen MR) is 80.6 cm³/mol. The van der Waals surface area contributed by atoms with E-state index in [-0.39, 0.29) is 5.75 Å². The number of nitrogens with one attached hydrogen (secondary N) is 2. The quantitative estimate of drug-likeness (QED) is 0.618. The number of methoxy groups -OCH3 is 1. The first-order valence-corrected chi connectivity index (χ1v) is 7.42. The van der Waals surface area contributed by atoms with E-state index in [9.17, 15) is 9.59 Å². The molecule has 0 aliphatic rings. The average Bonchev–Trinajstić information content (AvgIpc) is 2.38. The van der Waals surface area contributed by atoms with Crippen LogP contribution in [-0.2, 0) is 9.53 Å². The lowest BCUT2D eigenvalue weighted by atomic mass is 10.4. The molecule has 0 aliphatic heterocycles. The highest BCUT2D eigenvalue weighted by atomic mass is 35.5. The predicted octanol–water partition coefficient (Wildman–Crippen LogP) is 2.56. The lowest BCUT2D eigenvalue weighted by molar-refractivity contribution is -0.117. The van der Waals surface area contributed by atoms with E-state index in [0.29, 0.717) is 28.1 Å². The second kappa shape index (κ2) is 9.07. The summed E-state index contributed by atoms with van der Waals surface area (Å²) in [5.74, 6) is -0.387. The van der Waals surface area contributed by atoms with Crippen molar-refractivity contribution in [2.75, 3.05) is 26.0 Å². The van der Waals surface area contributed by atoms with Crippen molar-refractivity contribution in [2.24, 2.45) is 0 Å². The Hall–Kier alpha value is -0.950. The normalized spacial score (nSPS) is 10.2. The maximum Gasteiger partial charge on any atom is 0.321 e. The van der Waals surface area contributed by atoms with Crippen LogP contribution in [-0.4, -0.2) is 38.0 Å². The van der Waals surface area contributed by atoms with E-state index in [0.717, 1.165) is 0 Å². The topological polar surface area (TPSA) is 67.4 Å². The van der Waals surface area contributed by atoms with E-state index in [1.807, 2.05) is 0 Å². The van der Waals surface area contributed by atoms with Crippen LogP contribution in [0.3, 0.4) is 0 Å². The highest BCUT2D eigenvalue weighted by Crippen LogP contribution is 2.33. The molecular formula is C12H14Cl2N2O3S. The van der Waals surface area contributed by atoms with Crippen LogP contribution in [0.1, 0.15) is 0 Å². The molecule has 20 heavy (non-hydrogen) atoms. The minimum atomic E-state index is -0.557. The molecule has 1 aromatic carbocycles. The van der Waals surface area contributed by atoms with Gasteiger partial charge in [0.2, 0.25) is 5.91 Å². The first kappa shape index (κ1) is 17.1. The van der Waals surface area contributed by atoms with Crippen LogP contribution in [0.2, 0.25) is 10.0 Å². The highest BCUT2D eigenvalue weighted by molar-refractivity contribution is 8.00. The van der Waals surface area contributed by atoms with E-state index in [1.165, 1.54) is 18.9 Å². The van der Waals surface area contributed by atoms with E-state index in [1.54, 1.807) is 18.2 Å². The molecule has 0 aliphatic carbocycles. The number of urea groups is 1. The fraction of sp³-hybridized carbons (Fsp3) is 0.333. The zero-order valence-corrected chi connectivity index (χ0v) is 13.1. The van der Waals surface area contributed by atoms with Gasteiger partial charge in [0.15, 0.2) is 0 Å². The summed E-state index contributed by atoms with van der Waals surface area (Å²) in [5.41, 5.74) is 0. The Morgan fingerprint density at radius 1 is 1.30 bits per heavy atom. The summed E-state index contributed by atoms with van der Waals surface area (Å²) in [6.07, 6.45) is 0. The summed E-state index contributed by atoms with van der Waals surface area (Å²) in [6.45, 7) is 0.713. The molecule has 1 aromatic rings. The second-order valence-corrected chi connectivity index (χ2v) is 5.44. The first-order chi connectivity index (χ1) is 9.54. The summed E-state index contributed by atoms with van der Waals surface area (Å²) in [5, 5.41) is 5.62. The van der Waals surface area contributed by atoms with Gasteiger partial charge in [0.25, 0.3) is 0 Å². The number of amides is 3. The van der Waals surface area contributed by atoms with Gasteiger partial charge >= 0.3 is 6.03 Å². The van der Waals surface area contributed by atoms with Gasteiger partial charge in [-0.05, 0) is 12.1 Å². The number of rotatable bonds is 6. The zero-order valence-electron chi connectivity index (χ0n) is 10.7. The molecule has 0 bridgehead atoms. The van der Waals surface area contributed by atoms with Crippen LogP contribution in [0.5, 0.6) is 0 Å². The Bertz CT molecular complexity index is 466. The van der Waals surface area contributed by atoms with Crippen molar-refractivity contribution in [2.45, 2.75) is 4.90 Å². The van der Waals surface area contributed by atoms with E-state index in [2.05, 4.69) is 10.6 Å². The molecule has 0 spiro atoms. The number of halogens is 2. The van der Waals surface area contributed by atoms with Gasteiger partial charge in [-0.1, -0.05) is 29.3 Å². The summed E-state index contributed by atoms with van der Waals surface area (Å²) >= 11 is 13.1. The lowest BCUT2D eigenvalue weighted by Crippen LogP contribution is -2.41. The molecule has 2 N–H and O–H groups in total. The Labute approximate surface area is 131 Å². The summed E-state index contributed by atoms with van der Waals surface area (Å²) in [4.78, 5) is 23.5. The SMILES string of the molecule is COCCNC(=O)NC(=O)CSc1c(Cl)cccc1Cl. The van der Waals surface area contributed by atoms with Crippen molar-refractivity contribution in [1.29, 1.82) is 0 Å². The third-order valence-electron chi connectivity index (χ3n) is 2.11. The molecule has 0 unspecified atom stereocenters. The molecule has 5 nitrogen and oxygen atoms in total. The van der Waals surface area contributed by atoms with Crippen molar-refractivity contribution < 1.29 is 14.3 Å². The van der Waals surface area contributed by atoms with Crippen molar-refractivity contribution in [3.05, 3.63) is 28.2 Å². The summed E-state index contributed by atoms with van der Waals surface area (Å²) < 4.78 is 4.77. The number of thioether (sulfide) groups is 1. The van der Waals surface area contributed by atoms with Gasteiger partial charge < -0.3 is 10.1 Å². The standard InChI is InChI=1S/C12H14Cl2N2O3S/c1-19-6-5-15-12(18)16-10(17)7-20-11-8(13)3-2-4-9(11)14/h2-4H,5-7H2,1H3,(H2,15,16,17,18). The van der Waals surface area contributed by atoms with Gasteiger partial charge in [-0.25, -0.2) is 4.79 Å². The molecule has 8 heteroatoms. The van der Waals surface area contributed by atoms with E-state index >= 15 is 0 Å². The van der Waals surface area contributed by atoms with E-state index in [4.69, 9.17) is 27.9 Å². The van der Waals surface area contributed by atoms with Crippen LogP contribution < -0.4 is 10.6 Å². The number of benzene rings is 1. The van der Waals surface area contributed by atoms with Crippen molar-refractivity contribution >= 4 is 46.9 Å². The molecule has 0 heterocycles. The summed E-state index contributed by atoms with van der Waals surface area (Å²) in [6, 6.07) is 4.53. The van der Waals surface area contributed by atoms with Crippen LogP contribution in [0, 0.1) is 0 Å². The fourth-order valence-electron chi connectivity index (χ4n) is 1.23. The van der Waals surface area contributed by atoms with Crippen molar-refractivity contribution in [3.63, 3.8) is 0 Å². The Morgan fingerprint density at radius 2 is 1.95 bits per heavy atom. The Morgan fingerprint density at radius 3 is 2.55 bits per heavy atom. The third kappa shape index (κ3) is 6.00. The van der Waals surface area contributed by atoms with Crippen LogP contribution in [0.25, 0.3) is 0 Å². The van der Waals surface area contributed by atoms with Crippen molar-refractivity contribution in [3.8, 4) is 0 Å². The Kier molecular flexibility index (Phi) is 7.76. The van der Waals surface area contributed by atoms with Crippen LogP contribution in [0.4, 0.5) is 4.79 Å². The van der Waals surface area contributed by atoms with Gasteiger partial charge in [0.05, 0.1) is 22.4 Å². The number of hydrogen-bond donors (Lipinski definition) is 2. The minimum absolute atomic E-state index is 0.0428. The maximum atomic E-state index is 11.6. The van der Waals surface area contributed by atoms with Gasteiger partial charge in [-0.15, -0.1) is 11.8 Å². The first-order valence-electron chi connectivity index (χ1n) is 5.68. The Balaban J connectivity index is 2.38. The molecule has 0 saturated heterocycles. The maximum absolute atomic E-state index is 11.6. The fourth-order valence-corrected chi connectivity index (χ4v) is 2.72. The lowest BCUT2D eigenvalue weighted by Gasteiger charge is -2.07. The molecule has 110 valence electrons. The van der Waals surface area contributed by atoms with Crippen LogP contribution >= 0.6 is 35.0 Å². The van der Waals surface area contributed by atoms with Gasteiger partial charge in [0, 0.05) is 18.6 Å². The van der Waals surface area contributed by atoms with Crippen molar-refractivity contribution in [1.82, 2.24) is 10.6 Å². The third-order valence-corrected chi connectivity index (χ3v) is 4.10. The average molecular weight is 337 g/mol. The highest BCUT2D eigenvalue weighted by Gasteiger charge is 2.11. The molecule has 3 amide bonds. The molecule has 0 saturated carbocycles. The molecule has 0 radical (unpaired) electrons. The van der Waals surface area contributed by atoms with Gasteiger partial charge in [-0.2, -0.15) is 0 Å². The van der Waals surface area contributed by atoms with Crippen LogP contribution in [0.15, 0.2) is 23.1 Å². The van der Waals surface area contributed by atoms with Gasteiger partial charge in [0.1, 0.15) is 0 Å². The number of carbonyl (C=O) groups is 2. The molecule has 1 rings (SSSR count).